The summed E-state index contributed by atoms with van der Waals surface area (Å²) in [5.41, 5.74) is 1.93. The number of methoxy groups -OCH3 is 3. The molecule has 0 bridgehead atoms. The van der Waals surface area contributed by atoms with Crippen LogP contribution in [0.1, 0.15) is 11.1 Å². The maximum Gasteiger partial charge on any atom is 0.164 e. The monoisotopic (exact) mass is 303 g/mol. The molecule has 0 fully saturated rings. The van der Waals surface area contributed by atoms with Crippen molar-refractivity contribution in [3.63, 3.8) is 0 Å². The number of phenols is 1. The summed E-state index contributed by atoms with van der Waals surface area (Å²) in [5.74, 6) is 2.17. The van der Waals surface area contributed by atoms with Crippen molar-refractivity contribution in [3.8, 4) is 23.0 Å². The van der Waals surface area contributed by atoms with E-state index in [0.29, 0.717) is 18.8 Å². The lowest BCUT2D eigenvalue weighted by Gasteiger charge is -2.13. The highest BCUT2D eigenvalue weighted by atomic mass is 16.5. The van der Waals surface area contributed by atoms with Gasteiger partial charge in [0.25, 0.3) is 0 Å². The minimum Gasteiger partial charge on any atom is -0.504 e. The summed E-state index contributed by atoms with van der Waals surface area (Å²) in [5, 5.41) is 13.1. The van der Waals surface area contributed by atoms with Gasteiger partial charge in [0, 0.05) is 30.3 Å². The summed E-state index contributed by atoms with van der Waals surface area (Å²) in [7, 11) is 4.81. The van der Waals surface area contributed by atoms with Crippen molar-refractivity contribution in [2.45, 2.75) is 13.1 Å². The molecule has 0 aliphatic rings. The van der Waals surface area contributed by atoms with Gasteiger partial charge in [-0.2, -0.15) is 0 Å². The largest absolute Gasteiger partial charge is 0.504 e. The zero-order valence-corrected chi connectivity index (χ0v) is 13.1. The highest BCUT2D eigenvalue weighted by Gasteiger charge is 2.09. The molecule has 0 radical (unpaired) electrons. The second kappa shape index (κ2) is 7.56. The maximum absolute atomic E-state index is 9.76. The van der Waals surface area contributed by atoms with Crippen LogP contribution < -0.4 is 19.5 Å². The second-order valence-corrected chi connectivity index (χ2v) is 4.75. The Morgan fingerprint density at radius 1 is 0.909 bits per heavy atom. The third-order valence-corrected chi connectivity index (χ3v) is 3.41. The predicted molar refractivity (Wildman–Crippen MR) is 84.7 cm³/mol. The van der Waals surface area contributed by atoms with Gasteiger partial charge >= 0.3 is 0 Å². The molecular weight excluding hydrogens is 282 g/mol. The summed E-state index contributed by atoms with van der Waals surface area (Å²) in [6, 6.07) is 11.0. The van der Waals surface area contributed by atoms with Crippen LogP contribution >= 0.6 is 0 Å². The first-order valence-corrected chi connectivity index (χ1v) is 6.96. The Kier molecular flexibility index (Phi) is 5.49. The minimum atomic E-state index is 0.142. The van der Waals surface area contributed by atoms with Crippen LogP contribution in [0.2, 0.25) is 0 Å². The zero-order chi connectivity index (χ0) is 15.9. The molecule has 118 valence electrons. The van der Waals surface area contributed by atoms with E-state index in [2.05, 4.69) is 5.32 Å². The van der Waals surface area contributed by atoms with E-state index in [-0.39, 0.29) is 5.75 Å². The summed E-state index contributed by atoms with van der Waals surface area (Å²) in [6.45, 7) is 1.21. The van der Waals surface area contributed by atoms with E-state index in [4.69, 9.17) is 14.2 Å². The number of rotatable bonds is 7. The van der Waals surface area contributed by atoms with Crippen molar-refractivity contribution < 1.29 is 19.3 Å². The van der Waals surface area contributed by atoms with Gasteiger partial charge < -0.3 is 24.6 Å². The quantitative estimate of drug-likeness (QED) is 0.823. The molecule has 2 aromatic carbocycles. The molecule has 0 aromatic heterocycles. The van der Waals surface area contributed by atoms with Crippen LogP contribution in [-0.2, 0) is 13.1 Å². The number of phenolic OH excluding ortho intramolecular Hbond substituents is 1. The van der Waals surface area contributed by atoms with Crippen molar-refractivity contribution in [2.75, 3.05) is 21.3 Å². The normalized spacial score (nSPS) is 10.3. The van der Waals surface area contributed by atoms with Crippen molar-refractivity contribution in [3.05, 3.63) is 47.5 Å². The number of hydrogen-bond donors (Lipinski definition) is 2. The molecule has 0 saturated heterocycles. The van der Waals surface area contributed by atoms with Crippen LogP contribution in [0, 0.1) is 0 Å². The molecule has 22 heavy (non-hydrogen) atoms. The lowest BCUT2D eigenvalue weighted by atomic mass is 10.1. The van der Waals surface area contributed by atoms with E-state index in [0.717, 1.165) is 22.6 Å². The molecule has 0 unspecified atom stereocenters. The molecule has 0 heterocycles. The fourth-order valence-electron chi connectivity index (χ4n) is 2.28. The molecular formula is C17H21NO4. The lowest BCUT2D eigenvalue weighted by molar-refractivity contribution is 0.367. The number of aromatic hydroxyl groups is 1. The van der Waals surface area contributed by atoms with Gasteiger partial charge in [0.1, 0.15) is 11.5 Å². The Bertz CT molecular complexity index is 628. The van der Waals surface area contributed by atoms with E-state index in [9.17, 15) is 5.11 Å². The van der Waals surface area contributed by atoms with Crippen LogP contribution in [0.5, 0.6) is 23.0 Å². The molecule has 0 aliphatic carbocycles. The van der Waals surface area contributed by atoms with Gasteiger partial charge in [-0.25, -0.2) is 0 Å². The molecule has 5 nitrogen and oxygen atoms in total. The van der Waals surface area contributed by atoms with Gasteiger partial charge in [-0.15, -0.1) is 0 Å². The van der Waals surface area contributed by atoms with E-state index in [1.165, 1.54) is 0 Å². The third kappa shape index (κ3) is 3.62. The first kappa shape index (κ1) is 16.0. The van der Waals surface area contributed by atoms with E-state index in [1.54, 1.807) is 33.5 Å². The van der Waals surface area contributed by atoms with Crippen molar-refractivity contribution in [2.24, 2.45) is 0 Å². The van der Waals surface area contributed by atoms with Crippen LogP contribution in [0.15, 0.2) is 36.4 Å². The molecule has 0 aliphatic heterocycles. The molecule has 2 rings (SSSR count). The van der Waals surface area contributed by atoms with Crippen molar-refractivity contribution in [1.29, 1.82) is 0 Å². The Balaban J connectivity index is 2.04. The van der Waals surface area contributed by atoms with Crippen LogP contribution in [0.4, 0.5) is 0 Å². The summed E-state index contributed by atoms with van der Waals surface area (Å²) in [4.78, 5) is 0. The number of hydrogen-bond acceptors (Lipinski definition) is 5. The van der Waals surface area contributed by atoms with Crippen molar-refractivity contribution >= 4 is 0 Å². The van der Waals surface area contributed by atoms with Gasteiger partial charge in [0.2, 0.25) is 0 Å². The summed E-state index contributed by atoms with van der Waals surface area (Å²) < 4.78 is 15.8. The first-order valence-electron chi connectivity index (χ1n) is 6.96. The molecule has 0 amide bonds. The molecule has 0 saturated carbocycles. The highest BCUT2D eigenvalue weighted by Crippen LogP contribution is 2.29. The van der Waals surface area contributed by atoms with Gasteiger partial charge in [-0.05, 0) is 12.1 Å². The Labute approximate surface area is 130 Å². The van der Waals surface area contributed by atoms with Crippen LogP contribution in [0.25, 0.3) is 0 Å². The Morgan fingerprint density at radius 2 is 1.68 bits per heavy atom. The highest BCUT2D eigenvalue weighted by molar-refractivity contribution is 5.45. The van der Waals surface area contributed by atoms with Gasteiger partial charge in [0.15, 0.2) is 11.5 Å². The first-order chi connectivity index (χ1) is 10.7. The zero-order valence-electron chi connectivity index (χ0n) is 13.1. The number of para-hydroxylation sites is 1. The van der Waals surface area contributed by atoms with E-state index >= 15 is 0 Å². The molecule has 0 spiro atoms. The second-order valence-electron chi connectivity index (χ2n) is 4.75. The maximum atomic E-state index is 9.76. The van der Waals surface area contributed by atoms with E-state index < -0.39 is 0 Å². The van der Waals surface area contributed by atoms with Gasteiger partial charge in [0.05, 0.1) is 21.3 Å². The average Bonchev–Trinajstić information content (AvgIpc) is 2.55. The standard InChI is InChI=1S/C17H21NO4/c1-20-14-8-7-12(16(9-14)21-2)10-18-11-13-5-4-6-15(19)17(13)22-3/h4-9,18-19H,10-11H2,1-3H3. The third-order valence-electron chi connectivity index (χ3n) is 3.41. The molecule has 5 heteroatoms. The van der Waals surface area contributed by atoms with Crippen LogP contribution in [-0.4, -0.2) is 26.4 Å². The molecule has 2 N–H and O–H groups in total. The Morgan fingerprint density at radius 3 is 2.36 bits per heavy atom. The lowest BCUT2D eigenvalue weighted by Crippen LogP contribution is -2.14. The SMILES string of the molecule is COc1ccc(CNCc2cccc(O)c2OC)c(OC)c1. The molecule has 0 atom stereocenters. The predicted octanol–water partition coefficient (Wildman–Crippen LogP) is 2.71. The summed E-state index contributed by atoms with van der Waals surface area (Å²) in [6.07, 6.45) is 0. The number of ether oxygens (including phenoxy) is 3. The summed E-state index contributed by atoms with van der Waals surface area (Å²) >= 11 is 0. The fourth-order valence-corrected chi connectivity index (χ4v) is 2.28. The number of benzene rings is 2. The smallest absolute Gasteiger partial charge is 0.164 e. The van der Waals surface area contributed by atoms with Crippen molar-refractivity contribution in [1.82, 2.24) is 5.32 Å². The van der Waals surface area contributed by atoms with E-state index in [1.807, 2.05) is 24.3 Å². The van der Waals surface area contributed by atoms with Crippen LogP contribution in [0.3, 0.4) is 0 Å². The van der Waals surface area contributed by atoms with Gasteiger partial charge in [-0.3, -0.25) is 0 Å². The average molecular weight is 303 g/mol. The topological polar surface area (TPSA) is 60.0 Å². The number of nitrogens with one attached hydrogen (secondary N) is 1. The van der Waals surface area contributed by atoms with Gasteiger partial charge in [-0.1, -0.05) is 18.2 Å². The molecule has 2 aromatic rings. The minimum absolute atomic E-state index is 0.142. The fraction of sp³-hybridized carbons (Fsp3) is 0.294. The Hall–Kier alpha value is -2.40.